The van der Waals surface area contributed by atoms with E-state index < -0.39 is 11.8 Å². The van der Waals surface area contributed by atoms with Crippen LogP contribution in [0.4, 0.5) is 17.1 Å². The maximum Gasteiger partial charge on any atom is 0.314 e. The Morgan fingerprint density at radius 2 is 1.52 bits per heavy atom. The third-order valence-electron chi connectivity index (χ3n) is 4.53. The Morgan fingerprint density at radius 3 is 2.15 bits per heavy atom. The summed E-state index contributed by atoms with van der Waals surface area (Å²) in [6.07, 6.45) is 0. The molecule has 0 atom stereocenters. The van der Waals surface area contributed by atoms with E-state index in [-0.39, 0.29) is 0 Å². The molecule has 7 nitrogen and oxygen atoms in total. The highest BCUT2D eigenvalue weighted by atomic mass is 16.5. The number of nitrogens with one attached hydrogen (secondary N) is 2. The minimum Gasteiger partial charge on any atom is -0.497 e. The number of ether oxygens (including phenoxy) is 1. The maximum absolute atomic E-state index is 12.1. The van der Waals surface area contributed by atoms with Gasteiger partial charge in [-0.15, -0.1) is 0 Å². The number of amides is 2. The number of nitrogens with zero attached hydrogens (tertiary/aromatic N) is 2. The van der Waals surface area contributed by atoms with Crippen LogP contribution in [0.1, 0.15) is 0 Å². The molecule has 0 aliphatic carbocycles. The number of carbonyl (C=O) groups excluding carboxylic acids is 2. The Morgan fingerprint density at radius 1 is 0.889 bits per heavy atom. The van der Waals surface area contributed by atoms with Crippen LogP contribution in [0.25, 0.3) is 0 Å². The van der Waals surface area contributed by atoms with Gasteiger partial charge in [-0.3, -0.25) is 9.59 Å². The lowest BCUT2D eigenvalue weighted by molar-refractivity contribution is -0.132. The molecule has 1 heterocycles. The van der Waals surface area contributed by atoms with Crippen LogP contribution in [0.5, 0.6) is 5.75 Å². The first kappa shape index (κ1) is 18.7. The Bertz CT molecular complexity index is 799. The fourth-order valence-corrected chi connectivity index (χ4v) is 2.90. The molecule has 2 aromatic rings. The van der Waals surface area contributed by atoms with Crippen molar-refractivity contribution in [3.05, 3.63) is 48.5 Å². The van der Waals surface area contributed by atoms with Gasteiger partial charge < -0.3 is 25.2 Å². The van der Waals surface area contributed by atoms with Crippen molar-refractivity contribution in [3.63, 3.8) is 0 Å². The fraction of sp³-hybridized carbons (Fsp3) is 0.300. The van der Waals surface area contributed by atoms with E-state index in [1.54, 1.807) is 31.4 Å². The summed E-state index contributed by atoms with van der Waals surface area (Å²) in [5.41, 5.74) is 2.19. The third-order valence-corrected chi connectivity index (χ3v) is 4.53. The first-order valence-electron chi connectivity index (χ1n) is 8.85. The van der Waals surface area contributed by atoms with Crippen molar-refractivity contribution in [3.8, 4) is 5.75 Å². The van der Waals surface area contributed by atoms with Crippen molar-refractivity contribution in [1.82, 2.24) is 4.90 Å². The van der Waals surface area contributed by atoms with Crippen molar-refractivity contribution in [1.29, 1.82) is 0 Å². The zero-order valence-electron chi connectivity index (χ0n) is 15.6. The lowest BCUT2D eigenvalue weighted by Crippen LogP contribution is -2.44. The molecule has 2 aromatic carbocycles. The minimum absolute atomic E-state index is 0.500. The Labute approximate surface area is 158 Å². The highest BCUT2D eigenvalue weighted by Crippen LogP contribution is 2.20. The average Bonchev–Trinajstić information content (AvgIpc) is 2.69. The second-order valence-corrected chi connectivity index (χ2v) is 6.48. The molecule has 0 aromatic heterocycles. The molecule has 0 bridgehead atoms. The molecular weight excluding hydrogens is 344 g/mol. The van der Waals surface area contributed by atoms with Crippen LogP contribution in [-0.2, 0) is 9.59 Å². The number of anilines is 3. The molecule has 2 amide bonds. The number of rotatable bonds is 4. The van der Waals surface area contributed by atoms with Crippen LogP contribution in [0.3, 0.4) is 0 Å². The summed E-state index contributed by atoms with van der Waals surface area (Å²) in [6, 6.07) is 14.4. The number of hydrogen-bond acceptors (Lipinski definition) is 5. The zero-order valence-corrected chi connectivity index (χ0v) is 15.6. The number of methoxy groups -OCH3 is 1. The van der Waals surface area contributed by atoms with Crippen molar-refractivity contribution in [2.75, 3.05) is 55.9 Å². The van der Waals surface area contributed by atoms with E-state index >= 15 is 0 Å². The van der Waals surface area contributed by atoms with Crippen LogP contribution >= 0.6 is 0 Å². The van der Waals surface area contributed by atoms with E-state index in [1.165, 1.54) is 0 Å². The van der Waals surface area contributed by atoms with Crippen LogP contribution in [0, 0.1) is 0 Å². The van der Waals surface area contributed by atoms with E-state index in [0.717, 1.165) is 31.9 Å². The smallest absolute Gasteiger partial charge is 0.314 e. The Kier molecular flexibility index (Phi) is 5.93. The van der Waals surface area contributed by atoms with Gasteiger partial charge in [-0.05, 0) is 43.4 Å². The predicted molar refractivity (Wildman–Crippen MR) is 106 cm³/mol. The number of carbonyl (C=O) groups is 2. The van der Waals surface area contributed by atoms with Gasteiger partial charge in [-0.1, -0.05) is 6.07 Å². The molecule has 1 aliphatic rings. The topological polar surface area (TPSA) is 73.9 Å². The zero-order chi connectivity index (χ0) is 19.2. The van der Waals surface area contributed by atoms with E-state index in [4.69, 9.17) is 4.74 Å². The molecule has 1 fully saturated rings. The lowest BCUT2D eigenvalue weighted by Gasteiger charge is -2.34. The highest BCUT2D eigenvalue weighted by Gasteiger charge is 2.16. The van der Waals surface area contributed by atoms with Crippen molar-refractivity contribution >= 4 is 28.9 Å². The predicted octanol–water partition coefficient (Wildman–Crippen LogP) is 2.02. The highest BCUT2D eigenvalue weighted by molar-refractivity contribution is 6.43. The normalized spacial score (nSPS) is 14.5. The van der Waals surface area contributed by atoms with Crippen molar-refractivity contribution in [2.45, 2.75) is 0 Å². The number of benzene rings is 2. The van der Waals surface area contributed by atoms with E-state index in [1.807, 2.05) is 24.3 Å². The minimum atomic E-state index is -0.730. The van der Waals surface area contributed by atoms with Crippen molar-refractivity contribution in [2.24, 2.45) is 0 Å². The molecule has 0 radical (unpaired) electrons. The van der Waals surface area contributed by atoms with Crippen LogP contribution < -0.4 is 20.3 Å². The quantitative estimate of drug-likeness (QED) is 0.808. The molecule has 1 saturated heterocycles. The second kappa shape index (κ2) is 8.55. The SMILES string of the molecule is COc1cccc(NC(=O)C(=O)Nc2ccc(N3CCN(C)CC3)cc2)c1. The van der Waals surface area contributed by atoms with Crippen LogP contribution in [0.2, 0.25) is 0 Å². The Hall–Kier alpha value is -3.06. The van der Waals surface area contributed by atoms with Gasteiger partial charge in [0.05, 0.1) is 7.11 Å². The molecule has 0 unspecified atom stereocenters. The van der Waals surface area contributed by atoms with Gasteiger partial charge in [-0.2, -0.15) is 0 Å². The molecular formula is C20H24N4O3. The summed E-state index contributed by atoms with van der Waals surface area (Å²) in [4.78, 5) is 28.8. The van der Waals surface area contributed by atoms with E-state index in [0.29, 0.717) is 17.1 Å². The summed E-state index contributed by atoms with van der Waals surface area (Å²) in [6.45, 7) is 4.02. The lowest BCUT2D eigenvalue weighted by atomic mass is 10.2. The molecule has 2 N–H and O–H groups in total. The van der Waals surface area contributed by atoms with Crippen LogP contribution in [0.15, 0.2) is 48.5 Å². The first-order chi connectivity index (χ1) is 13.0. The monoisotopic (exact) mass is 368 g/mol. The van der Waals surface area contributed by atoms with E-state index in [2.05, 4.69) is 27.5 Å². The van der Waals surface area contributed by atoms with Gasteiger partial charge in [0.2, 0.25) is 0 Å². The molecule has 142 valence electrons. The van der Waals surface area contributed by atoms with Crippen LogP contribution in [-0.4, -0.2) is 57.1 Å². The summed E-state index contributed by atoms with van der Waals surface area (Å²) in [5.74, 6) is -0.843. The molecule has 1 aliphatic heterocycles. The first-order valence-corrected chi connectivity index (χ1v) is 8.85. The van der Waals surface area contributed by atoms with Gasteiger partial charge in [0.15, 0.2) is 0 Å². The molecule has 27 heavy (non-hydrogen) atoms. The number of hydrogen-bond donors (Lipinski definition) is 2. The molecule has 0 saturated carbocycles. The standard InChI is InChI=1S/C20H24N4O3/c1-23-10-12-24(13-11-23)17-8-6-15(7-9-17)21-19(25)20(26)22-16-4-3-5-18(14-16)27-2/h3-9,14H,10-13H2,1-2H3,(H,21,25)(H,22,26). The molecule has 0 spiro atoms. The Balaban J connectivity index is 1.56. The average molecular weight is 368 g/mol. The summed E-state index contributed by atoms with van der Waals surface area (Å²) < 4.78 is 5.10. The summed E-state index contributed by atoms with van der Waals surface area (Å²) >= 11 is 0. The summed E-state index contributed by atoms with van der Waals surface area (Å²) in [7, 11) is 3.66. The summed E-state index contributed by atoms with van der Waals surface area (Å²) in [5, 5.41) is 5.18. The third kappa shape index (κ3) is 4.98. The van der Waals surface area contributed by atoms with Gasteiger partial charge in [0.1, 0.15) is 5.75 Å². The van der Waals surface area contributed by atoms with E-state index in [9.17, 15) is 9.59 Å². The number of likely N-dealkylation sites (N-methyl/N-ethyl adjacent to an activating group) is 1. The fourth-order valence-electron chi connectivity index (χ4n) is 2.90. The van der Waals surface area contributed by atoms with Gasteiger partial charge >= 0.3 is 11.8 Å². The molecule has 3 rings (SSSR count). The maximum atomic E-state index is 12.1. The number of piperazine rings is 1. The van der Waals surface area contributed by atoms with Gasteiger partial charge in [-0.25, -0.2) is 0 Å². The van der Waals surface area contributed by atoms with Crippen molar-refractivity contribution < 1.29 is 14.3 Å². The van der Waals surface area contributed by atoms with Gasteiger partial charge in [0.25, 0.3) is 0 Å². The second-order valence-electron chi connectivity index (χ2n) is 6.48. The van der Waals surface area contributed by atoms with Gasteiger partial charge in [0, 0.05) is 49.3 Å². The molecule has 7 heteroatoms. The largest absolute Gasteiger partial charge is 0.497 e.